The number of ether oxygens (including phenoxy) is 1. The highest BCUT2D eigenvalue weighted by Gasteiger charge is 2.11. The summed E-state index contributed by atoms with van der Waals surface area (Å²) in [6.07, 6.45) is 2.09. The molecule has 1 unspecified atom stereocenters. The van der Waals surface area contributed by atoms with Gasteiger partial charge in [0.2, 0.25) is 0 Å². The smallest absolute Gasteiger partial charge is 0.121 e. The van der Waals surface area contributed by atoms with E-state index < -0.39 is 0 Å². The fourth-order valence-electron chi connectivity index (χ4n) is 2.02. The van der Waals surface area contributed by atoms with E-state index in [0.717, 1.165) is 11.3 Å². The molecule has 0 bridgehead atoms. The predicted molar refractivity (Wildman–Crippen MR) is 86.7 cm³/mol. The SMILES string of the molecule is COc1ccc(C(Br)c2ccc(SC)cc2)cc1C. The van der Waals surface area contributed by atoms with E-state index in [0.29, 0.717) is 0 Å². The van der Waals surface area contributed by atoms with E-state index in [9.17, 15) is 0 Å². The van der Waals surface area contributed by atoms with E-state index in [1.54, 1.807) is 18.9 Å². The van der Waals surface area contributed by atoms with Gasteiger partial charge in [-0.05, 0) is 48.1 Å². The van der Waals surface area contributed by atoms with Gasteiger partial charge in [0.15, 0.2) is 0 Å². The molecular weight excluding hydrogens is 320 g/mol. The summed E-state index contributed by atoms with van der Waals surface area (Å²) in [5.41, 5.74) is 3.67. The molecule has 1 nitrogen and oxygen atoms in total. The highest BCUT2D eigenvalue weighted by atomic mass is 79.9. The van der Waals surface area contributed by atoms with Gasteiger partial charge in [0.1, 0.15) is 5.75 Å². The van der Waals surface area contributed by atoms with Crippen LogP contribution in [-0.4, -0.2) is 13.4 Å². The molecule has 0 radical (unpaired) electrons. The normalized spacial score (nSPS) is 12.2. The van der Waals surface area contributed by atoms with Gasteiger partial charge in [0.25, 0.3) is 0 Å². The van der Waals surface area contributed by atoms with Crippen LogP contribution >= 0.6 is 27.7 Å². The number of rotatable bonds is 4. The van der Waals surface area contributed by atoms with Crippen LogP contribution in [0.25, 0.3) is 0 Å². The topological polar surface area (TPSA) is 9.23 Å². The Bertz CT molecular complexity index is 551. The van der Waals surface area contributed by atoms with Gasteiger partial charge >= 0.3 is 0 Å². The van der Waals surface area contributed by atoms with Crippen molar-refractivity contribution >= 4 is 27.7 Å². The van der Waals surface area contributed by atoms with Crippen molar-refractivity contribution in [1.29, 1.82) is 0 Å². The first-order chi connectivity index (χ1) is 9.15. The van der Waals surface area contributed by atoms with E-state index >= 15 is 0 Å². The molecule has 0 N–H and O–H groups in total. The van der Waals surface area contributed by atoms with Gasteiger partial charge in [-0.25, -0.2) is 0 Å². The highest BCUT2D eigenvalue weighted by molar-refractivity contribution is 9.09. The van der Waals surface area contributed by atoms with E-state index in [1.165, 1.54) is 16.0 Å². The summed E-state index contributed by atoms with van der Waals surface area (Å²) >= 11 is 5.53. The standard InChI is InChI=1S/C16H17BrOS/c1-11-10-13(6-9-15(11)18-2)16(17)12-4-7-14(19-3)8-5-12/h4-10,16H,1-3H3. The first kappa shape index (κ1) is 14.5. The minimum atomic E-state index is 0.216. The minimum Gasteiger partial charge on any atom is -0.496 e. The summed E-state index contributed by atoms with van der Waals surface area (Å²) in [6, 6.07) is 15.0. The molecule has 2 aromatic rings. The number of benzene rings is 2. The molecule has 0 heterocycles. The first-order valence-electron chi connectivity index (χ1n) is 6.08. The lowest BCUT2D eigenvalue weighted by Gasteiger charge is -2.13. The van der Waals surface area contributed by atoms with Crippen molar-refractivity contribution in [2.45, 2.75) is 16.6 Å². The van der Waals surface area contributed by atoms with Gasteiger partial charge in [-0.2, -0.15) is 0 Å². The molecule has 0 saturated carbocycles. The Kier molecular flexibility index (Phi) is 4.94. The molecule has 2 rings (SSSR count). The van der Waals surface area contributed by atoms with Crippen LogP contribution in [0.5, 0.6) is 5.75 Å². The van der Waals surface area contributed by atoms with Gasteiger partial charge in [-0.3, -0.25) is 0 Å². The number of aryl methyl sites for hydroxylation is 1. The molecule has 0 aliphatic rings. The van der Waals surface area contributed by atoms with Crippen molar-refractivity contribution in [2.75, 3.05) is 13.4 Å². The fourth-order valence-corrected chi connectivity index (χ4v) is 3.02. The monoisotopic (exact) mass is 336 g/mol. The third kappa shape index (κ3) is 3.34. The Balaban J connectivity index is 2.27. The lowest BCUT2D eigenvalue weighted by molar-refractivity contribution is 0.411. The molecule has 0 fully saturated rings. The Labute approximate surface area is 127 Å². The maximum Gasteiger partial charge on any atom is 0.121 e. The second-order valence-electron chi connectivity index (χ2n) is 4.36. The van der Waals surface area contributed by atoms with Crippen LogP contribution < -0.4 is 4.74 Å². The molecule has 0 saturated heterocycles. The van der Waals surface area contributed by atoms with E-state index in [4.69, 9.17) is 4.74 Å². The molecule has 0 aliphatic carbocycles. The highest BCUT2D eigenvalue weighted by Crippen LogP contribution is 2.33. The predicted octanol–water partition coefficient (Wildman–Crippen LogP) is 5.21. The summed E-state index contributed by atoms with van der Waals surface area (Å²) in [5.74, 6) is 0.932. The molecule has 0 aliphatic heterocycles. The largest absolute Gasteiger partial charge is 0.496 e. The van der Waals surface area contributed by atoms with Crippen LogP contribution in [-0.2, 0) is 0 Å². The van der Waals surface area contributed by atoms with Crippen molar-refractivity contribution in [3.05, 3.63) is 59.2 Å². The van der Waals surface area contributed by atoms with Crippen molar-refractivity contribution in [3.63, 3.8) is 0 Å². The summed E-state index contributed by atoms with van der Waals surface area (Å²) in [7, 11) is 1.70. The average Bonchev–Trinajstić information content (AvgIpc) is 2.46. The van der Waals surface area contributed by atoms with Crippen LogP contribution in [0.1, 0.15) is 21.5 Å². The Morgan fingerprint density at radius 2 is 1.68 bits per heavy atom. The van der Waals surface area contributed by atoms with Crippen LogP contribution in [0.2, 0.25) is 0 Å². The molecule has 2 aromatic carbocycles. The molecule has 0 aromatic heterocycles. The van der Waals surface area contributed by atoms with Crippen LogP contribution in [0.4, 0.5) is 0 Å². The first-order valence-corrected chi connectivity index (χ1v) is 8.22. The molecule has 0 amide bonds. The van der Waals surface area contributed by atoms with E-state index in [1.807, 2.05) is 6.07 Å². The van der Waals surface area contributed by atoms with Gasteiger partial charge in [0.05, 0.1) is 11.9 Å². The van der Waals surface area contributed by atoms with E-state index in [2.05, 4.69) is 65.5 Å². The average molecular weight is 337 g/mol. The second-order valence-corrected chi connectivity index (χ2v) is 6.16. The third-order valence-electron chi connectivity index (χ3n) is 3.12. The number of alkyl halides is 1. The number of methoxy groups -OCH3 is 1. The quantitative estimate of drug-likeness (QED) is 0.559. The van der Waals surface area contributed by atoms with Gasteiger partial charge in [-0.1, -0.05) is 40.2 Å². The van der Waals surface area contributed by atoms with Gasteiger partial charge in [0, 0.05) is 4.90 Å². The zero-order valence-corrected chi connectivity index (χ0v) is 13.7. The molecule has 100 valence electrons. The molecule has 3 heteroatoms. The number of thioether (sulfide) groups is 1. The maximum atomic E-state index is 5.30. The summed E-state index contributed by atoms with van der Waals surface area (Å²) < 4.78 is 5.30. The van der Waals surface area contributed by atoms with Crippen LogP contribution in [0.15, 0.2) is 47.4 Å². The molecule has 1 atom stereocenters. The molecule has 0 spiro atoms. The summed E-state index contributed by atoms with van der Waals surface area (Å²) in [6.45, 7) is 2.07. The lowest BCUT2D eigenvalue weighted by atomic mass is 10.0. The maximum absolute atomic E-state index is 5.30. The Morgan fingerprint density at radius 1 is 1.05 bits per heavy atom. The van der Waals surface area contributed by atoms with Crippen LogP contribution in [0.3, 0.4) is 0 Å². The third-order valence-corrected chi connectivity index (χ3v) is 4.92. The Hall–Kier alpha value is -0.930. The summed E-state index contributed by atoms with van der Waals surface area (Å²) in [5, 5.41) is 0. The molecular formula is C16H17BrOS. The zero-order chi connectivity index (χ0) is 13.8. The van der Waals surface area contributed by atoms with Crippen molar-refractivity contribution in [1.82, 2.24) is 0 Å². The van der Waals surface area contributed by atoms with Gasteiger partial charge in [-0.15, -0.1) is 11.8 Å². The Morgan fingerprint density at radius 3 is 2.21 bits per heavy atom. The number of halogens is 1. The lowest BCUT2D eigenvalue weighted by Crippen LogP contribution is -1.95. The fraction of sp³-hybridized carbons (Fsp3) is 0.250. The van der Waals surface area contributed by atoms with Crippen molar-refractivity contribution in [2.24, 2.45) is 0 Å². The zero-order valence-electron chi connectivity index (χ0n) is 11.3. The van der Waals surface area contributed by atoms with Gasteiger partial charge < -0.3 is 4.74 Å². The van der Waals surface area contributed by atoms with Crippen LogP contribution in [0, 0.1) is 6.92 Å². The van der Waals surface area contributed by atoms with Crippen molar-refractivity contribution < 1.29 is 4.74 Å². The minimum absolute atomic E-state index is 0.216. The summed E-state index contributed by atoms with van der Waals surface area (Å²) in [4.78, 5) is 1.50. The molecule has 19 heavy (non-hydrogen) atoms. The second kappa shape index (κ2) is 6.49. The number of hydrogen-bond donors (Lipinski definition) is 0. The van der Waals surface area contributed by atoms with Crippen molar-refractivity contribution in [3.8, 4) is 5.75 Å². The number of hydrogen-bond acceptors (Lipinski definition) is 2. The van der Waals surface area contributed by atoms with E-state index in [-0.39, 0.29) is 4.83 Å².